The van der Waals surface area contributed by atoms with Crippen molar-refractivity contribution in [2.45, 2.75) is 45.8 Å². The summed E-state index contributed by atoms with van der Waals surface area (Å²) in [6.07, 6.45) is 0.175. The van der Waals surface area contributed by atoms with Crippen LogP contribution in [-0.4, -0.2) is 78.6 Å². The van der Waals surface area contributed by atoms with E-state index in [0.29, 0.717) is 32.8 Å². The van der Waals surface area contributed by atoms with Crippen LogP contribution < -0.4 is 0 Å². The zero-order chi connectivity index (χ0) is 15.9. The van der Waals surface area contributed by atoms with Gasteiger partial charge in [-0.15, -0.1) is 0 Å². The number of piperazine rings is 1. The minimum atomic E-state index is -0.495. The first-order valence-corrected chi connectivity index (χ1v) is 7.84. The summed E-state index contributed by atoms with van der Waals surface area (Å²) in [6.45, 7) is 12.1. The van der Waals surface area contributed by atoms with Crippen molar-refractivity contribution in [2.24, 2.45) is 0 Å². The summed E-state index contributed by atoms with van der Waals surface area (Å²) in [4.78, 5) is 15.5. The molecule has 1 fully saturated rings. The predicted molar refractivity (Wildman–Crippen MR) is 81.4 cm³/mol. The fourth-order valence-electron chi connectivity index (χ4n) is 2.10. The number of hydrogen-bond donors (Lipinski definition) is 1. The van der Waals surface area contributed by atoms with Crippen molar-refractivity contribution in [3.8, 4) is 0 Å². The molecule has 1 amide bonds. The van der Waals surface area contributed by atoms with Crippen molar-refractivity contribution >= 4 is 6.09 Å². The highest BCUT2D eigenvalue weighted by Crippen LogP contribution is 2.14. The lowest BCUT2D eigenvalue weighted by Gasteiger charge is -2.35. The van der Waals surface area contributed by atoms with E-state index in [-0.39, 0.29) is 11.7 Å². The topological polar surface area (TPSA) is 62.2 Å². The SMILES string of the molecule is CCOC(=O)N1CCN(CC(O)COC(C)(C)CC)CC1. The molecule has 1 N–H and O–H groups in total. The van der Waals surface area contributed by atoms with E-state index in [0.717, 1.165) is 19.5 Å². The summed E-state index contributed by atoms with van der Waals surface area (Å²) in [6, 6.07) is 0. The van der Waals surface area contributed by atoms with Gasteiger partial charge in [-0.3, -0.25) is 4.90 Å². The maximum atomic E-state index is 11.6. The molecule has 0 aliphatic carbocycles. The van der Waals surface area contributed by atoms with Crippen molar-refractivity contribution in [3.05, 3.63) is 0 Å². The molecule has 1 aliphatic heterocycles. The Labute approximate surface area is 128 Å². The Morgan fingerprint density at radius 1 is 1.24 bits per heavy atom. The van der Waals surface area contributed by atoms with Crippen LogP contribution in [0, 0.1) is 0 Å². The number of ether oxygens (including phenoxy) is 2. The van der Waals surface area contributed by atoms with E-state index in [1.807, 2.05) is 20.8 Å². The third-order valence-corrected chi connectivity index (χ3v) is 3.89. The molecule has 124 valence electrons. The van der Waals surface area contributed by atoms with Gasteiger partial charge in [-0.05, 0) is 27.2 Å². The first-order chi connectivity index (χ1) is 9.88. The van der Waals surface area contributed by atoms with Crippen molar-refractivity contribution in [3.63, 3.8) is 0 Å². The van der Waals surface area contributed by atoms with Crippen LogP contribution in [0.3, 0.4) is 0 Å². The van der Waals surface area contributed by atoms with E-state index < -0.39 is 6.10 Å². The van der Waals surface area contributed by atoms with Crippen LogP contribution in [-0.2, 0) is 9.47 Å². The first kappa shape index (κ1) is 18.2. The maximum absolute atomic E-state index is 11.6. The summed E-state index contributed by atoms with van der Waals surface area (Å²) in [7, 11) is 0. The Morgan fingerprint density at radius 3 is 2.38 bits per heavy atom. The number of carbonyl (C=O) groups is 1. The minimum absolute atomic E-state index is 0.191. The average Bonchev–Trinajstić information content (AvgIpc) is 2.46. The second-order valence-electron chi connectivity index (χ2n) is 6.06. The van der Waals surface area contributed by atoms with Crippen molar-refractivity contribution < 1.29 is 19.4 Å². The van der Waals surface area contributed by atoms with Crippen molar-refractivity contribution in [1.82, 2.24) is 9.80 Å². The van der Waals surface area contributed by atoms with Gasteiger partial charge in [-0.25, -0.2) is 4.79 Å². The minimum Gasteiger partial charge on any atom is -0.450 e. The summed E-state index contributed by atoms with van der Waals surface area (Å²) in [5.74, 6) is 0. The summed E-state index contributed by atoms with van der Waals surface area (Å²) in [5, 5.41) is 10.0. The summed E-state index contributed by atoms with van der Waals surface area (Å²) >= 11 is 0. The second-order valence-corrected chi connectivity index (χ2v) is 6.06. The van der Waals surface area contributed by atoms with E-state index in [1.165, 1.54) is 0 Å². The number of amides is 1. The summed E-state index contributed by atoms with van der Waals surface area (Å²) < 4.78 is 10.7. The molecule has 0 aromatic heterocycles. The smallest absolute Gasteiger partial charge is 0.409 e. The average molecular weight is 302 g/mol. The van der Waals surface area contributed by atoms with Gasteiger partial charge in [-0.1, -0.05) is 6.92 Å². The predicted octanol–water partition coefficient (Wildman–Crippen LogP) is 1.33. The van der Waals surface area contributed by atoms with Gasteiger partial charge in [0.05, 0.1) is 24.9 Å². The highest BCUT2D eigenvalue weighted by molar-refractivity contribution is 5.67. The van der Waals surface area contributed by atoms with Gasteiger partial charge in [0.2, 0.25) is 0 Å². The van der Waals surface area contributed by atoms with E-state index in [4.69, 9.17) is 9.47 Å². The van der Waals surface area contributed by atoms with Crippen LogP contribution in [0.1, 0.15) is 34.1 Å². The molecule has 1 rings (SSSR count). The largest absolute Gasteiger partial charge is 0.450 e. The Morgan fingerprint density at radius 2 is 1.86 bits per heavy atom. The zero-order valence-corrected chi connectivity index (χ0v) is 13.8. The van der Waals surface area contributed by atoms with Crippen LogP contribution in [0.2, 0.25) is 0 Å². The van der Waals surface area contributed by atoms with Crippen LogP contribution in [0.5, 0.6) is 0 Å². The molecule has 0 spiro atoms. The Bertz CT molecular complexity index is 315. The van der Waals surface area contributed by atoms with Crippen LogP contribution in [0.25, 0.3) is 0 Å². The number of carbonyl (C=O) groups excluding carboxylic acids is 1. The van der Waals surface area contributed by atoms with Gasteiger partial charge in [0.1, 0.15) is 0 Å². The van der Waals surface area contributed by atoms with Gasteiger partial charge in [0.25, 0.3) is 0 Å². The molecule has 6 heteroatoms. The zero-order valence-electron chi connectivity index (χ0n) is 13.8. The fraction of sp³-hybridized carbons (Fsp3) is 0.933. The van der Waals surface area contributed by atoms with Crippen LogP contribution >= 0.6 is 0 Å². The van der Waals surface area contributed by atoms with Crippen LogP contribution in [0.15, 0.2) is 0 Å². The molecule has 1 aliphatic rings. The van der Waals surface area contributed by atoms with Crippen LogP contribution in [0.4, 0.5) is 4.79 Å². The van der Waals surface area contributed by atoms with Gasteiger partial charge >= 0.3 is 6.09 Å². The third-order valence-electron chi connectivity index (χ3n) is 3.89. The quantitative estimate of drug-likeness (QED) is 0.768. The van der Waals surface area contributed by atoms with E-state index in [2.05, 4.69) is 11.8 Å². The number of nitrogens with zero attached hydrogens (tertiary/aromatic N) is 2. The number of aliphatic hydroxyl groups is 1. The lowest BCUT2D eigenvalue weighted by molar-refractivity contribution is -0.0690. The molecule has 0 aromatic rings. The molecule has 0 saturated carbocycles. The molecular formula is C15H30N2O4. The molecule has 1 unspecified atom stereocenters. The highest BCUT2D eigenvalue weighted by atomic mass is 16.6. The standard InChI is InChI=1S/C15H30N2O4/c1-5-15(3,4)21-12-13(18)11-16-7-9-17(10-8-16)14(19)20-6-2/h13,18H,5-12H2,1-4H3. The van der Waals surface area contributed by atoms with E-state index in [1.54, 1.807) is 4.90 Å². The Balaban J connectivity index is 2.24. The molecule has 1 atom stereocenters. The highest BCUT2D eigenvalue weighted by Gasteiger charge is 2.24. The molecule has 1 heterocycles. The fourth-order valence-corrected chi connectivity index (χ4v) is 2.10. The van der Waals surface area contributed by atoms with E-state index in [9.17, 15) is 9.90 Å². The first-order valence-electron chi connectivity index (χ1n) is 7.84. The second kappa shape index (κ2) is 8.56. The van der Waals surface area contributed by atoms with Crippen molar-refractivity contribution in [2.75, 3.05) is 45.9 Å². The van der Waals surface area contributed by atoms with E-state index >= 15 is 0 Å². The third kappa shape index (κ3) is 6.63. The van der Waals surface area contributed by atoms with Gasteiger partial charge in [0, 0.05) is 32.7 Å². The lowest BCUT2D eigenvalue weighted by Crippen LogP contribution is -2.51. The normalized spacial score (nSPS) is 18.6. The molecule has 21 heavy (non-hydrogen) atoms. The monoisotopic (exact) mass is 302 g/mol. The number of rotatable bonds is 7. The summed E-state index contributed by atoms with van der Waals surface area (Å²) in [5.41, 5.74) is -0.191. The van der Waals surface area contributed by atoms with Gasteiger partial charge in [-0.2, -0.15) is 0 Å². The molecule has 0 bridgehead atoms. The molecule has 0 aromatic carbocycles. The van der Waals surface area contributed by atoms with Crippen molar-refractivity contribution in [1.29, 1.82) is 0 Å². The Kier molecular flexibility index (Phi) is 7.42. The molecular weight excluding hydrogens is 272 g/mol. The molecule has 6 nitrogen and oxygen atoms in total. The Hall–Kier alpha value is -0.850. The molecule has 0 radical (unpaired) electrons. The lowest BCUT2D eigenvalue weighted by atomic mass is 10.1. The van der Waals surface area contributed by atoms with Gasteiger partial charge in [0.15, 0.2) is 0 Å². The molecule has 1 saturated heterocycles. The number of aliphatic hydroxyl groups excluding tert-OH is 1. The maximum Gasteiger partial charge on any atom is 0.409 e. The van der Waals surface area contributed by atoms with Gasteiger partial charge < -0.3 is 19.5 Å². The number of β-amino-alcohol motifs (C(OH)–C–C–N with tert-alkyl or cyclic N) is 1. The number of hydrogen-bond acceptors (Lipinski definition) is 5.